The predicted molar refractivity (Wildman–Crippen MR) is 123 cm³/mol. The summed E-state index contributed by atoms with van der Waals surface area (Å²) in [4.78, 5) is 11.5. The normalized spacial score (nSPS) is 12.6. The first kappa shape index (κ1) is 26.2. The molecule has 158 valence electrons. The lowest BCUT2D eigenvalue weighted by Crippen LogP contribution is -2.00. The van der Waals surface area contributed by atoms with Crippen molar-refractivity contribution in [3.05, 3.63) is 58.2 Å². The average molecular weight is 387 g/mol. The van der Waals surface area contributed by atoms with Gasteiger partial charge in [0.2, 0.25) is 0 Å². The molecule has 0 N–H and O–H groups in total. The van der Waals surface area contributed by atoms with Gasteiger partial charge in [-0.2, -0.15) is 0 Å². The van der Waals surface area contributed by atoms with E-state index in [9.17, 15) is 4.79 Å². The Morgan fingerprint density at radius 2 is 1.29 bits per heavy atom. The third-order valence-corrected chi connectivity index (χ3v) is 4.44. The summed E-state index contributed by atoms with van der Waals surface area (Å²) in [6, 6.07) is 0. The van der Waals surface area contributed by atoms with Gasteiger partial charge in [-0.1, -0.05) is 52.2 Å². The molecule has 0 aromatic heterocycles. The molecule has 0 aliphatic carbocycles. The number of ether oxygens (including phenoxy) is 1. The van der Waals surface area contributed by atoms with Gasteiger partial charge >= 0.3 is 5.97 Å². The van der Waals surface area contributed by atoms with E-state index < -0.39 is 0 Å². The number of esters is 1. The van der Waals surface area contributed by atoms with Gasteiger partial charge in [-0.15, -0.1) is 0 Å². The molecule has 0 saturated carbocycles. The molecule has 0 aromatic carbocycles. The van der Waals surface area contributed by atoms with E-state index in [0.29, 0.717) is 6.61 Å². The number of allylic oxidation sites excluding steroid dienone is 9. The second-order valence-corrected chi connectivity index (χ2v) is 8.04. The van der Waals surface area contributed by atoms with Crippen LogP contribution in [0.4, 0.5) is 0 Å². The minimum absolute atomic E-state index is 0.234. The van der Waals surface area contributed by atoms with Crippen LogP contribution in [0.1, 0.15) is 93.4 Å². The first-order valence-corrected chi connectivity index (χ1v) is 10.7. The van der Waals surface area contributed by atoms with Crippen molar-refractivity contribution in [1.29, 1.82) is 0 Å². The van der Waals surface area contributed by atoms with Gasteiger partial charge in [-0.25, -0.2) is 4.79 Å². The van der Waals surface area contributed by atoms with E-state index in [4.69, 9.17) is 4.74 Å². The van der Waals surface area contributed by atoms with Crippen molar-refractivity contribution in [2.24, 2.45) is 0 Å². The van der Waals surface area contributed by atoms with Crippen LogP contribution in [-0.2, 0) is 9.53 Å². The zero-order valence-electron chi connectivity index (χ0n) is 19.4. The highest BCUT2D eigenvalue weighted by atomic mass is 16.5. The van der Waals surface area contributed by atoms with Crippen molar-refractivity contribution in [3.8, 4) is 0 Å². The molecule has 0 radical (unpaired) electrons. The molecule has 0 spiro atoms. The van der Waals surface area contributed by atoms with E-state index in [2.05, 4.69) is 58.9 Å². The van der Waals surface area contributed by atoms with Crippen molar-refractivity contribution < 1.29 is 9.53 Å². The zero-order valence-corrected chi connectivity index (χ0v) is 19.4. The lowest BCUT2D eigenvalue weighted by Gasteiger charge is -2.06. The summed E-state index contributed by atoms with van der Waals surface area (Å²) in [6.07, 6.45) is 18.3. The van der Waals surface area contributed by atoms with Crippen molar-refractivity contribution in [1.82, 2.24) is 0 Å². The van der Waals surface area contributed by atoms with Crippen LogP contribution in [0.2, 0.25) is 0 Å². The summed E-state index contributed by atoms with van der Waals surface area (Å²) >= 11 is 0. The van der Waals surface area contributed by atoms with Gasteiger partial charge in [0.1, 0.15) is 0 Å². The Labute approximate surface area is 174 Å². The largest absolute Gasteiger partial charge is 0.463 e. The third kappa shape index (κ3) is 16.4. The van der Waals surface area contributed by atoms with Crippen molar-refractivity contribution >= 4 is 5.97 Å². The van der Waals surface area contributed by atoms with Gasteiger partial charge in [0.15, 0.2) is 0 Å². The molecule has 2 nitrogen and oxygen atoms in total. The fraction of sp³-hybridized carbons (Fsp3) is 0.577. The van der Waals surface area contributed by atoms with Crippen LogP contribution in [-0.4, -0.2) is 12.6 Å². The lowest BCUT2D eigenvalue weighted by atomic mass is 10.0. The quantitative estimate of drug-likeness (QED) is 0.182. The third-order valence-electron chi connectivity index (χ3n) is 4.44. The zero-order chi connectivity index (χ0) is 21.4. The summed E-state index contributed by atoms with van der Waals surface area (Å²) in [7, 11) is 0. The van der Waals surface area contributed by atoms with Crippen LogP contribution in [0.15, 0.2) is 58.2 Å². The number of rotatable bonds is 13. The van der Waals surface area contributed by atoms with Gasteiger partial charge in [0.05, 0.1) is 6.61 Å². The number of hydrogen-bond donors (Lipinski definition) is 0. The standard InChI is InChI=1S/C26H42O2/c1-8-28-26(27)20-24(7)15-11-17-25(19-18-22(4)5)16-10-14-23(6)13-9-12-21(2)3/h12,14,17-18,20H,8-11,13,15-16,19H2,1-7H3. The molecule has 0 bridgehead atoms. The minimum Gasteiger partial charge on any atom is -0.463 e. The van der Waals surface area contributed by atoms with Gasteiger partial charge in [0.25, 0.3) is 0 Å². The van der Waals surface area contributed by atoms with Gasteiger partial charge in [-0.3, -0.25) is 0 Å². The Hall–Kier alpha value is -1.83. The first-order chi connectivity index (χ1) is 13.2. The Morgan fingerprint density at radius 3 is 1.89 bits per heavy atom. The smallest absolute Gasteiger partial charge is 0.330 e. The fourth-order valence-electron chi connectivity index (χ4n) is 2.78. The summed E-state index contributed by atoms with van der Waals surface area (Å²) in [5, 5.41) is 0. The lowest BCUT2D eigenvalue weighted by molar-refractivity contribution is -0.137. The van der Waals surface area contributed by atoms with Crippen LogP contribution in [0.5, 0.6) is 0 Å². The predicted octanol–water partition coefficient (Wildman–Crippen LogP) is 8.03. The molecule has 0 aliphatic heterocycles. The number of hydrogen-bond acceptors (Lipinski definition) is 2. The fourth-order valence-corrected chi connectivity index (χ4v) is 2.78. The summed E-state index contributed by atoms with van der Waals surface area (Å²) in [6.45, 7) is 15.1. The maximum absolute atomic E-state index is 11.5. The molecule has 0 aromatic rings. The second kappa shape index (κ2) is 16.2. The molecule has 0 saturated heterocycles. The highest BCUT2D eigenvalue weighted by Gasteiger charge is 2.00. The maximum Gasteiger partial charge on any atom is 0.330 e. The van der Waals surface area contributed by atoms with Gasteiger partial charge < -0.3 is 4.74 Å². The second-order valence-electron chi connectivity index (χ2n) is 8.04. The summed E-state index contributed by atoms with van der Waals surface area (Å²) in [5.74, 6) is -0.234. The molecule has 0 aliphatic rings. The van der Waals surface area contributed by atoms with E-state index in [1.807, 2.05) is 13.8 Å². The van der Waals surface area contributed by atoms with E-state index >= 15 is 0 Å². The molecule has 0 amide bonds. The minimum atomic E-state index is -0.234. The molecule has 0 atom stereocenters. The molecular weight excluding hydrogens is 344 g/mol. The molecule has 0 heterocycles. The summed E-state index contributed by atoms with van der Waals surface area (Å²) < 4.78 is 4.97. The molecule has 0 fully saturated rings. The van der Waals surface area contributed by atoms with Crippen LogP contribution in [0, 0.1) is 0 Å². The molecular formula is C26H42O2. The van der Waals surface area contributed by atoms with Crippen molar-refractivity contribution in [3.63, 3.8) is 0 Å². The van der Waals surface area contributed by atoms with Crippen LogP contribution >= 0.6 is 0 Å². The van der Waals surface area contributed by atoms with Gasteiger partial charge in [0, 0.05) is 6.08 Å². The van der Waals surface area contributed by atoms with Crippen molar-refractivity contribution in [2.75, 3.05) is 6.61 Å². The SMILES string of the molecule is CCOC(=O)C=C(C)CCC=C(CC=C(C)C)CCC=C(C)CCC=C(C)C. The van der Waals surface area contributed by atoms with E-state index in [0.717, 1.165) is 50.5 Å². The molecule has 0 rings (SSSR count). The number of carbonyl (C=O) groups is 1. The highest BCUT2D eigenvalue weighted by molar-refractivity contribution is 5.82. The first-order valence-electron chi connectivity index (χ1n) is 10.7. The van der Waals surface area contributed by atoms with E-state index in [1.54, 1.807) is 6.08 Å². The summed E-state index contributed by atoms with van der Waals surface area (Å²) in [5.41, 5.74) is 6.79. The molecule has 28 heavy (non-hydrogen) atoms. The topological polar surface area (TPSA) is 26.3 Å². The van der Waals surface area contributed by atoms with Crippen LogP contribution < -0.4 is 0 Å². The maximum atomic E-state index is 11.5. The molecule has 2 heteroatoms. The monoisotopic (exact) mass is 386 g/mol. The Morgan fingerprint density at radius 1 is 0.714 bits per heavy atom. The highest BCUT2D eigenvalue weighted by Crippen LogP contribution is 2.17. The van der Waals surface area contributed by atoms with E-state index in [-0.39, 0.29) is 5.97 Å². The van der Waals surface area contributed by atoms with E-state index in [1.165, 1.54) is 22.3 Å². The Kier molecular flexibility index (Phi) is 15.1. The average Bonchev–Trinajstić information content (AvgIpc) is 2.58. The Bertz CT molecular complexity index is 604. The van der Waals surface area contributed by atoms with Gasteiger partial charge in [-0.05, 0) is 93.4 Å². The Balaban J connectivity index is 4.68. The van der Waals surface area contributed by atoms with Crippen LogP contribution in [0.25, 0.3) is 0 Å². The van der Waals surface area contributed by atoms with Crippen LogP contribution in [0.3, 0.4) is 0 Å². The van der Waals surface area contributed by atoms with Crippen molar-refractivity contribution in [2.45, 2.75) is 93.4 Å². The number of carbonyl (C=O) groups excluding carboxylic acids is 1. The molecule has 0 unspecified atom stereocenters.